The molecule has 0 aliphatic heterocycles. The van der Waals surface area contributed by atoms with Gasteiger partial charge in [-0.1, -0.05) is 255 Å². The van der Waals surface area contributed by atoms with Crippen LogP contribution < -0.4 is 0 Å². The average Bonchev–Trinajstić information content (AvgIpc) is 1.54. The highest BCUT2D eigenvalue weighted by molar-refractivity contribution is 6.29. The minimum atomic E-state index is 0.565. The van der Waals surface area contributed by atoms with E-state index in [9.17, 15) is 0 Å². The van der Waals surface area contributed by atoms with Gasteiger partial charge in [-0.3, -0.25) is 0 Å². The Kier molecular flexibility index (Phi) is 14.4. The molecular formula is C103H63N9O. The lowest BCUT2D eigenvalue weighted by Crippen LogP contribution is -2.03. The summed E-state index contributed by atoms with van der Waals surface area (Å²) in [4.78, 5) is 27.0. The zero-order valence-corrected chi connectivity index (χ0v) is 60.8. The highest BCUT2D eigenvalue weighted by Crippen LogP contribution is 2.47. The van der Waals surface area contributed by atoms with Gasteiger partial charge in [-0.05, 0) is 150 Å². The number of furan rings is 1. The van der Waals surface area contributed by atoms with Crippen LogP contribution in [0.2, 0.25) is 0 Å². The third-order valence-electron chi connectivity index (χ3n) is 22.7. The molecule has 0 amide bonds. The van der Waals surface area contributed by atoms with Crippen molar-refractivity contribution in [1.82, 2.24) is 43.2 Å². The molecule has 0 unspecified atom stereocenters. The third kappa shape index (κ3) is 10.2. The monoisotopic (exact) mass is 1440 g/mol. The first-order valence-electron chi connectivity index (χ1n) is 38.2. The van der Waals surface area contributed by atoms with E-state index in [1.807, 2.05) is 24.3 Å². The van der Waals surface area contributed by atoms with Gasteiger partial charge >= 0.3 is 0 Å². The highest BCUT2D eigenvalue weighted by atomic mass is 16.3. The van der Waals surface area contributed by atoms with Crippen LogP contribution in [-0.2, 0) is 0 Å². The summed E-state index contributed by atoms with van der Waals surface area (Å²) in [5, 5.41) is 11.3. The second-order valence-corrected chi connectivity index (χ2v) is 29.0. The first-order valence-corrected chi connectivity index (χ1v) is 38.2. The van der Waals surface area contributed by atoms with Crippen molar-refractivity contribution in [3.63, 3.8) is 0 Å². The number of nitrogens with zero attached hydrogens (tertiary/aromatic N) is 9. The number of hydrogen-bond donors (Lipinski definition) is 0. The molecule has 16 aromatic carbocycles. The summed E-state index contributed by atoms with van der Waals surface area (Å²) in [7, 11) is 0. The van der Waals surface area contributed by atoms with E-state index >= 15 is 0 Å². The number of hydrogen-bond acceptors (Lipinski definition) is 6. The quantitative estimate of drug-likeness (QED) is 0.121. The first-order chi connectivity index (χ1) is 56.0. The normalized spacial score (nSPS) is 11.9. The molecule has 10 heteroatoms. The van der Waals surface area contributed by atoms with Gasteiger partial charge < -0.3 is 22.7 Å². The summed E-state index contributed by atoms with van der Waals surface area (Å²) in [5.41, 5.74) is 26.1. The second-order valence-electron chi connectivity index (χ2n) is 29.0. The Labute approximate surface area is 648 Å². The van der Waals surface area contributed by atoms with Gasteiger partial charge in [-0.2, -0.15) is 0 Å². The molecule has 7 aromatic heterocycles. The van der Waals surface area contributed by atoms with Gasteiger partial charge in [-0.25, -0.2) is 24.9 Å². The molecular weight excluding hydrogens is 1380 g/mol. The minimum absolute atomic E-state index is 0.565. The molecule has 23 rings (SSSR count). The fraction of sp³-hybridized carbons (Fsp3) is 0. The van der Waals surface area contributed by atoms with Gasteiger partial charge in [0.05, 0.1) is 77.7 Å². The largest absolute Gasteiger partial charge is 0.455 e. The van der Waals surface area contributed by atoms with E-state index < -0.39 is 0 Å². The summed E-state index contributed by atoms with van der Waals surface area (Å²) in [6.07, 6.45) is 0. The molecule has 0 bridgehead atoms. The zero-order valence-electron chi connectivity index (χ0n) is 60.8. The molecule has 10 nitrogen and oxygen atoms in total. The Morgan fingerprint density at radius 3 is 1.17 bits per heavy atom. The van der Waals surface area contributed by atoms with Gasteiger partial charge in [0.2, 0.25) is 0 Å². The number of para-hydroxylation sites is 8. The third-order valence-corrected chi connectivity index (χ3v) is 22.7. The maximum atomic E-state index is 7.35. The molecule has 113 heavy (non-hydrogen) atoms. The van der Waals surface area contributed by atoms with E-state index in [1.54, 1.807) is 0 Å². The number of rotatable bonds is 12. The van der Waals surface area contributed by atoms with Crippen LogP contribution in [0.4, 0.5) is 0 Å². The van der Waals surface area contributed by atoms with E-state index in [2.05, 4.69) is 376 Å². The molecule has 7 heterocycles. The van der Waals surface area contributed by atoms with E-state index in [1.165, 1.54) is 21.8 Å². The van der Waals surface area contributed by atoms with E-state index in [0.29, 0.717) is 23.3 Å². The lowest BCUT2D eigenvalue weighted by atomic mass is 9.99. The van der Waals surface area contributed by atoms with Crippen molar-refractivity contribution in [2.75, 3.05) is 0 Å². The molecule has 0 aliphatic carbocycles. The molecule has 0 saturated carbocycles. The van der Waals surface area contributed by atoms with Crippen molar-refractivity contribution < 1.29 is 4.42 Å². The summed E-state index contributed by atoms with van der Waals surface area (Å²) in [6.45, 7) is 0. The van der Waals surface area contributed by atoms with Crippen LogP contribution >= 0.6 is 0 Å². The fourth-order valence-corrected chi connectivity index (χ4v) is 17.5. The van der Waals surface area contributed by atoms with Gasteiger partial charge in [0.1, 0.15) is 11.2 Å². The Morgan fingerprint density at radius 1 is 0.186 bits per heavy atom. The predicted octanol–water partition coefficient (Wildman–Crippen LogP) is 26.3. The Hall–Kier alpha value is -15.4. The predicted molar refractivity (Wildman–Crippen MR) is 464 cm³/mol. The molecule has 0 spiro atoms. The Morgan fingerprint density at radius 2 is 0.549 bits per heavy atom. The number of aromatic nitrogens is 9. The molecule has 0 atom stereocenters. The van der Waals surface area contributed by atoms with Crippen molar-refractivity contribution in [2.24, 2.45) is 0 Å². The molecule has 0 radical (unpaired) electrons. The summed E-state index contributed by atoms with van der Waals surface area (Å²) >= 11 is 0. The summed E-state index contributed by atoms with van der Waals surface area (Å²) in [6, 6.07) is 136. The fourth-order valence-electron chi connectivity index (χ4n) is 17.5. The maximum Gasteiger partial charge on any atom is 0.166 e. The van der Waals surface area contributed by atoms with Gasteiger partial charge in [0, 0.05) is 87.8 Å². The van der Waals surface area contributed by atoms with Crippen LogP contribution in [-0.4, -0.2) is 43.2 Å². The molecule has 0 saturated heterocycles. The van der Waals surface area contributed by atoms with Crippen LogP contribution in [0.1, 0.15) is 0 Å². The summed E-state index contributed by atoms with van der Waals surface area (Å²) < 4.78 is 16.8. The van der Waals surface area contributed by atoms with Crippen molar-refractivity contribution in [2.45, 2.75) is 0 Å². The van der Waals surface area contributed by atoms with Gasteiger partial charge in [0.15, 0.2) is 23.3 Å². The highest BCUT2D eigenvalue weighted by Gasteiger charge is 2.27. The van der Waals surface area contributed by atoms with E-state index in [-0.39, 0.29) is 0 Å². The molecule has 0 aliphatic rings. The standard InChI is InChI=1S/C103H63N9O/c1-5-26-65(27-6-1)84-63-85(105-102(104-84)81-40-17-24-47-91(81)112-89-45-22-16-39-80(89)97-94(112)59-56-78-77-55-58-93-96(98(77)113-99(78)97)79-38-15-21-44-88(79)109(93)72-32-9-3-10-33-72)71-31-25-30-68(60-71)64-48-50-67(51-49-64)101-106-100(66-28-7-2-8-29-66)107-103(108-101)82-41-18-23-46-90(82)111-87-43-20-14-37-75(87)83-61-69(53-57-92(83)111)70-52-54-76-74-36-13-19-42-86(74)110(95(76)62-70)73-34-11-4-12-35-73/h1-63H. The molecule has 526 valence electrons. The Bertz CT molecular complexity index is 7790. The van der Waals surface area contributed by atoms with Crippen molar-refractivity contribution >= 4 is 109 Å². The van der Waals surface area contributed by atoms with Crippen LogP contribution in [0, 0.1) is 0 Å². The number of fused-ring (bicyclic) bond motifs is 17. The van der Waals surface area contributed by atoms with Crippen molar-refractivity contribution in [3.8, 4) is 113 Å². The van der Waals surface area contributed by atoms with Gasteiger partial charge in [-0.15, -0.1) is 0 Å². The summed E-state index contributed by atoms with van der Waals surface area (Å²) in [5.74, 6) is 2.32. The minimum Gasteiger partial charge on any atom is -0.455 e. The SMILES string of the molecule is c1ccc(-c2cc(-c3cccc(-c4ccc(-c5nc(-c6ccccc6)nc(-c6ccccc6-n6c7ccccc7c7cc(-c8ccc9c%10ccccc%10n(-c%10ccccc%10)c9c8)ccc76)n5)cc4)c3)nc(-c3ccccc3-n3c4ccccc4c4c5oc6c(ccc7c6c6ccccc6n7-c6ccccc6)c5ccc43)n2)cc1. The second kappa shape index (κ2) is 25.6. The lowest BCUT2D eigenvalue weighted by Gasteiger charge is -2.15. The van der Waals surface area contributed by atoms with Crippen LogP contribution in [0.3, 0.4) is 0 Å². The Balaban J connectivity index is 0.607. The maximum absolute atomic E-state index is 7.35. The van der Waals surface area contributed by atoms with Crippen LogP contribution in [0.15, 0.2) is 387 Å². The lowest BCUT2D eigenvalue weighted by molar-refractivity contribution is 0.677. The average molecular weight is 1440 g/mol. The molecule has 0 N–H and O–H groups in total. The topological polar surface area (TPSA) is 97.3 Å². The zero-order chi connectivity index (χ0) is 74.2. The van der Waals surface area contributed by atoms with Gasteiger partial charge in [0.25, 0.3) is 0 Å². The first kappa shape index (κ1) is 63.7. The smallest absolute Gasteiger partial charge is 0.166 e. The van der Waals surface area contributed by atoms with Crippen LogP contribution in [0.5, 0.6) is 0 Å². The van der Waals surface area contributed by atoms with Crippen LogP contribution in [0.25, 0.3) is 222 Å². The molecule has 0 fully saturated rings. The molecule has 23 aromatic rings. The van der Waals surface area contributed by atoms with E-state index in [4.69, 9.17) is 29.3 Å². The van der Waals surface area contributed by atoms with E-state index in [0.717, 1.165) is 177 Å². The van der Waals surface area contributed by atoms with Crippen molar-refractivity contribution in [1.29, 1.82) is 0 Å². The number of benzene rings is 16. The van der Waals surface area contributed by atoms with Crippen molar-refractivity contribution in [3.05, 3.63) is 382 Å².